The van der Waals surface area contributed by atoms with Crippen molar-refractivity contribution in [2.45, 2.75) is 17.7 Å². The van der Waals surface area contributed by atoms with Gasteiger partial charge < -0.3 is 11.1 Å². The van der Waals surface area contributed by atoms with Crippen LogP contribution in [0.3, 0.4) is 0 Å². The number of nitrogens with two attached hydrogens (primary N) is 2. The molecule has 0 radical (unpaired) electrons. The van der Waals surface area contributed by atoms with Gasteiger partial charge in [0.1, 0.15) is 5.82 Å². The van der Waals surface area contributed by atoms with E-state index >= 15 is 0 Å². The fourth-order valence-electron chi connectivity index (χ4n) is 4.32. The predicted octanol–water partition coefficient (Wildman–Crippen LogP) is 2.78. The second kappa shape index (κ2) is 8.70. The maximum Gasteiger partial charge on any atom is 0.269 e. The molecule has 0 bridgehead atoms. The Labute approximate surface area is 205 Å². The maximum absolute atomic E-state index is 14.1. The van der Waals surface area contributed by atoms with Gasteiger partial charge >= 0.3 is 0 Å². The largest absolute Gasteiger partial charge is 0.364 e. The van der Waals surface area contributed by atoms with Gasteiger partial charge in [-0.1, -0.05) is 18.2 Å². The number of anilines is 1. The fourth-order valence-corrected chi connectivity index (χ4v) is 4.84. The number of primary amides is 1. The number of nitrogens with zero attached hydrogens (tertiary/aromatic N) is 2. The molecular formula is C25H20FN5O4S. The Balaban J connectivity index is 1.61. The summed E-state index contributed by atoms with van der Waals surface area (Å²) < 4.78 is 38.9. The number of carbonyl (C=O) groups is 2. The third-order valence-electron chi connectivity index (χ3n) is 6.01. The van der Waals surface area contributed by atoms with Crippen molar-refractivity contribution in [2.75, 3.05) is 5.32 Å². The lowest BCUT2D eigenvalue weighted by Crippen LogP contribution is -2.16. The molecule has 0 unspecified atom stereocenters. The van der Waals surface area contributed by atoms with Gasteiger partial charge in [0.05, 0.1) is 21.8 Å². The Morgan fingerprint density at radius 3 is 2.39 bits per heavy atom. The van der Waals surface area contributed by atoms with Crippen LogP contribution in [0.25, 0.3) is 16.9 Å². The van der Waals surface area contributed by atoms with Crippen molar-refractivity contribution >= 4 is 27.5 Å². The van der Waals surface area contributed by atoms with E-state index in [1.165, 1.54) is 47.1 Å². The highest BCUT2D eigenvalue weighted by Gasteiger charge is 2.28. The molecule has 36 heavy (non-hydrogen) atoms. The molecule has 0 fully saturated rings. The van der Waals surface area contributed by atoms with E-state index in [0.717, 1.165) is 5.56 Å². The van der Waals surface area contributed by atoms with Crippen LogP contribution in [0.4, 0.5) is 10.1 Å². The van der Waals surface area contributed by atoms with Crippen molar-refractivity contribution in [3.63, 3.8) is 0 Å². The molecule has 0 spiro atoms. The maximum atomic E-state index is 14.1. The molecule has 0 aliphatic heterocycles. The summed E-state index contributed by atoms with van der Waals surface area (Å²) in [5.74, 6) is -1.94. The molecule has 0 saturated heterocycles. The van der Waals surface area contributed by atoms with Crippen LogP contribution in [0, 0.1) is 5.82 Å². The first-order chi connectivity index (χ1) is 17.1. The summed E-state index contributed by atoms with van der Waals surface area (Å²) in [5, 5.41) is 12.3. The Morgan fingerprint density at radius 1 is 1.00 bits per heavy atom. The van der Waals surface area contributed by atoms with Gasteiger partial charge in [0, 0.05) is 16.8 Å². The van der Waals surface area contributed by atoms with Gasteiger partial charge in [0.2, 0.25) is 10.0 Å². The monoisotopic (exact) mass is 505 g/mol. The number of amides is 2. The van der Waals surface area contributed by atoms with E-state index in [2.05, 4.69) is 10.4 Å². The number of carbonyl (C=O) groups excluding carboxylic acids is 2. The van der Waals surface area contributed by atoms with Crippen LogP contribution in [-0.4, -0.2) is 30.0 Å². The molecule has 9 nitrogen and oxygen atoms in total. The molecule has 3 aromatic carbocycles. The molecule has 0 atom stereocenters. The number of aromatic nitrogens is 2. The van der Waals surface area contributed by atoms with Crippen LogP contribution in [0.2, 0.25) is 0 Å². The highest BCUT2D eigenvalue weighted by atomic mass is 32.2. The first kappa shape index (κ1) is 23.4. The zero-order valence-electron chi connectivity index (χ0n) is 18.7. The normalized spacial score (nSPS) is 12.5. The SMILES string of the molecule is NC(=O)c1nn(-c2ccc(S(N)(=O)=O)cc2)c2c1CCc1ccc(NC(=O)c3ccccc3F)cc1-2. The number of fused-ring (bicyclic) bond motifs is 3. The van der Waals surface area contributed by atoms with Crippen molar-refractivity contribution in [2.24, 2.45) is 10.9 Å². The summed E-state index contributed by atoms with van der Waals surface area (Å²) in [7, 11) is -3.89. The van der Waals surface area contributed by atoms with Crippen LogP contribution in [0.15, 0.2) is 71.6 Å². The molecule has 5 N–H and O–H groups in total. The van der Waals surface area contributed by atoms with Crippen LogP contribution < -0.4 is 16.2 Å². The number of sulfonamides is 1. The van der Waals surface area contributed by atoms with Gasteiger partial charge in [-0.2, -0.15) is 5.10 Å². The van der Waals surface area contributed by atoms with Crippen molar-refractivity contribution in [3.8, 4) is 16.9 Å². The highest BCUT2D eigenvalue weighted by Crippen LogP contribution is 2.38. The quantitative estimate of drug-likeness (QED) is 0.381. The van der Waals surface area contributed by atoms with Gasteiger partial charge in [0.15, 0.2) is 5.69 Å². The van der Waals surface area contributed by atoms with Crippen LogP contribution in [0.1, 0.15) is 32.0 Å². The van der Waals surface area contributed by atoms with Gasteiger partial charge in [-0.15, -0.1) is 0 Å². The summed E-state index contributed by atoms with van der Waals surface area (Å²) in [5.41, 5.74) is 9.41. The van der Waals surface area contributed by atoms with Gasteiger partial charge in [-0.05, 0) is 66.9 Å². The third-order valence-corrected chi connectivity index (χ3v) is 6.94. The van der Waals surface area contributed by atoms with Crippen molar-refractivity contribution < 1.29 is 22.4 Å². The van der Waals surface area contributed by atoms with Crippen molar-refractivity contribution in [1.29, 1.82) is 0 Å². The minimum Gasteiger partial charge on any atom is -0.364 e. The van der Waals surface area contributed by atoms with Crippen LogP contribution in [-0.2, 0) is 22.9 Å². The van der Waals surface area contributed by atoms with Crippen LogP contribution in [0.5, 0.6) is 0 Å². The lowest BCUT2D eigenvalue weighted by atomic mass is 9.88. The highest BCUT2D eigenvalue weighted by molar-refractivity contribution is 7.89. The summed E-state index contributed by atoms with van der Waals surface area (Å²) in [6, 6.07) is 16.7. The first-order valence-electron chi connectivity index (χ1n) is 10.9. The van der Waals surface area contributed by atoms with Crippen molar-refractivity contribution in [3.05, 3.63) is 94.9 Å². The van der Waals surface area contributed by atoms with E-state index in [0.29, 0.717) is 41.0 Å². The van der Waals surface area contributed by atoms with E-state index < -0.39 is 27.7 Å². The van der Waals surface area contributed by atoms with E-state index in [1.807, 2.05) is 6.07 Å². The Hall–Kier alpha value is -4.35. The summed E-state index contributed by atoms with van der Waals surface area (Å²) in [4.78, 5) is 24.8. The number of hydrogen-bond donors (Lipinski definition) is 3. The molecule has 5 rings (SSSR count). The lowest BCUT2D eigenvalue weighted by Gasteiger charge is -2.20. The molecule has 1 aromatic heterocycles. The zero-order chi connectivity index (χ0) is 25.6. The molecule has 0 saturated carbocycles. The lowest BCUT2D eigenvalue weighted by molar-refractivity contribution is 0.0991. The number of benzene rings is 3. The van der Waals surface area contributed by atoms with E-state index in [9.17, 15) is 22.4 Å². The molecule has 182 valence electrons. The summed E-state index contributed by atoms with van der Waals surface area (Å²) >= 11 is 0. The third kappa shape index (κ3) is 4.14. The molecule has 1 heterocycles. The zero-order valence-corrected chi connectivity index (χ0v) is 19.5. The van der Waals surface area contributed by atoms with Crippen LogP contribution >= 0.6 is 0 Å². The number of hydrogen-bond acceptors (Lipinski definition) is 5. The summed E-state index contributed by atoms with van der Waals surface area (Å²) in [6.45, 7) is 0. The molecule has 1 aliphatic carbocycles. The first-order valence-corrected chi connectivity index (χ1v) is 12.4. The Morgan fingerprint density at radius 2 is 1.72 bits per heavy atom. The smallest absolute Gasteiger partial charge is 0.269 e. The standard InChI is InChI=1S/C25H20FN5O4S/c26-21-4-2-1-3-18(21)25(33)29-15-7-5-14-6-12-19-22(24(27)32)30-31(23(19)20(14)13-15)16-8-10-17(11-9-16)36(28,34)35/h1-5,7-11,13H,6,12H2,(H2,27,32)(H,29,33)(H2,28,34,35). The number of primary sulfonamides is 1. The fraction of sp³-hybridized carbons (Fsp3) is 0.0800. The van der Waals surface area contributed by atoms with E-state index in [-0.39, 0.29) is 16.2 Å². The molecule has 2 amide bonds. The number of aryl methyl sites for hydroxylation is 1. The second-order valence-corrected chi connectivity index (χ2v) is 9.86. The van der Waals surface area contributed by atoms with E-state index in [1.54, 1.807) is 18.2 Å². The van der Waals surface area contributed by atoms with E-state index in [4.69, 9.17) is 10.9 Å². The van der Waals surface area contributed by atoms with Gasteiger partial charge in [0.25, 0.3) is 11.8 Å². The minimum atomic E-state index is -3.89. The second-order valence-electron chi connectivity index (χ2n) is 8.30. The molecular weight excluding hydrogens is 485 g/mol. The Bertz CT molecular complexity index is 1650. The predicted molar refractivity (Wildman–Crippen MR) is 131 cm³/mol. The number of rotatable bonds is 5. The molecule has 4 aromatic rings. The average Bonchev–Trinajstić information content (AvgIpc) is 3.24. The van der Waals surface area contributed by atoms with Gasteiger partial charge in [-0.25, -0.2) is 22.6 Å². The number of halogens is 1. The molecule has 1 aliphatic rings. The van der Waals surface area contributed by atoms with Gasteiger partial charge in [-0.3, -0.25) is 9.59 Å². The molecule has 11 heteroatoms. The average molecular weight is 506 g/mol. The number of nitrogens with one attached hydrogen (secondary N) is 1. The van der Waals surface area contributed by atoms with Crippen molar-refractivity contribution in [1.82, 2.24) is 9.78 Å². The minimum absolute atomic E-state index is 0.0686. The Kier molecular flexibility index (Phi) is 5.65. The summed E-state index contributed by atoms with van der Waals surface area (Å²) in [6.07, 6.45) is 1.12. The topological polar surface area (TPSA) is 150 Å².